The van der Waals surface area contributed by atoms with Crippen LogP contribution in [-0.4, -0.2) is 64.8 Å². The molecule has 0 amide bonds. The minimum absolute atomic E-state index is 0. The van der Waals surface area contributed by atoms with Gasteiger partial charge in [0.15, 0.2) is 11.7 Å². The molecule has 3 rings (SSSR count). The summed E-state index contributed by atoms with van der Waals surface area (Å²) in [5.74, 6) is 0.652. The van der Waals surface area contributed by atoms with Crippen molar-refractivity contribution in [2.45, 2.75) is 38.0 Å². The molecule has 0 spiro atoms. The van der Waals surface area contributed by atoms with Crippen LogP contribution in [0, 0.1) is 0 Å². The van der Waals surface area contributed by atoms with Crippen molar-refractivity contribution in [3.05, 3.63) is 17.5 Å². The number of hydrogen-bond donors (Lipinski definition) is 1. The van der Waals surface area contributed by atoms with Crippen molar-refractivity contribution in [2.75, 3.05) is 33.2 Å². The average molecular weight is 486 g/mol. The molecule has 1 atom stereocenters. The van der Waals surface area contributed by atoms with Crippen molar-refractivity contribution >= 4 is 29.9 Å². The highest BCUT2D eigenvalue weighted by Gasteiger charge is 2.37. The first-order valence-electron chi connectivity index (χ1n) is 8.68. The van der Waals surface area contributed by atoms with E-state index in [1.54, 1.807) is 7.05 Å². The second kappa shape index (κ2) is 8.77. The smallest absolute Gasteiger partial charge is 0.352 e. The van der Waals surface area contributed by atoms with Gasteiger partial charge in [-0.1, -0.05) is 0 Å². The van der Waals surface area contributed by atoms with E-state index < -0.39 is 11.9 Å². The number of likely N-dealkylation sites (tertiary alicyclic amines) is 2. The predicted octanol–water partition coefficient (Wildman–Crippen LogP) is 2.30. The Morgan fingerprint density at radius 2 is 2.00 bits per heavy atom. The van der Waals surface area contributed by atoms with Gasteiger partial charge in [-0.3, -0.25) is 14.6 Å². The second-order valence-corrected chi connectivity index (χ2v) is 6.71. The van der Waals surface area contributed by atoms with Crippen LogP contribution in [0.15, 0.2) is 11.2 Å². The molecule has 6 nitrogen and oxygen atoms in total. The number of alkyl halides is 3. The van der Waals surface area contributed by atoms with Crippen LogP contribution in [0.4, 0.5) is 13.2 Å². The Hall–Kier alpha value is -1.04. The molecule has 0 aliphatic carbocycles. The van der Waals surface area contributed by atoms with Gasteiger partial charge in [0.1, 0.15) is 0 Å². The minimum atomic E-state index is -4.45. The standard InChI is InChI=1S/C16H25F3N6.HI/c1-20-15(25-8-5-13(11-25)24-6-3-4-7-24)21-9-12-10-23(2)22-14(12)16(17,18)19;/h10,13H,3-9,11H2,1-2H3,(H,20,21);1H. The number of rotatable bonds is 3. The average Bonchev–Trinajstić information content (AvgIpc) is 3.26. The lowest BCUT2D eigenvalue weighted by Gasteiger charge is -2.25. The first-order valence-corrected chi connectivity index (χ1v) is 8.68. The van der Waals surface area contributed by atoms with Gasteiger partial charge in [0.2, 0.25) is 0 Å². The summed E-state index contributed by atoms with van der Waals surface area (Å²) in [5, 5.41) is 6.61. The van der Waals surface area contributed by atoms with E-state index in [0.717, 1.165) is 32.6 Å². The third-order valence-electron chi connectivity index (χ3n) is 4.94. The maximum absolute atomic E-state index is 13.0. The highest BCUT2D eigenvalue weighted by molar-refractivity contribution is 14.0. The lowest BCUT2D eigenvalue weighted by atomic mass is 10.2. The Morgan fingerprint density at radius 3 is 2.62 bits per heavy atom. The van der Waals surface area contributed by atoms with Crippen molar-refractivity contribution in [3.63, 3.8) is 0 Å². The monoisotopic (exact) mass is 486 g/mol. The summed E-state index contributed by atoms with van der Waals surface area (Å²) in [6, 6.07) is 0.519. The van der Waals surface area contributed by atoms with Crippen LogP contribution in [0.1, 0.15) is 30.5 Å². The number of guanidine groups is 1. The van der Waals surface area contributed by atoms with Gasteiger partial charge in [-0.25, -0.2) is 0 Å². The molecule has 2 saturated heterocycles. The number of aryl methyl sites for hydroxylation is 1. The van der Waals surface area contributed by atoms with Crippen molar-refractivity contribution in [2.24, 2.45) is 12.0 Å². The molecule has 148 valence electrons. The molecule has 26 heavy (non-hydrogen) atoms. The molecule has 3 heterocycles. The van der Waals surface area contributed by atoms with Crippen LogP contribution < -0.4 is 5.32 Å². The SMILES string of the molecule is CN=C(NCc1cn(C)nc1C(F)(F)F)N1CCC(N2CCCC2)C1.I. The van der Waals surface area contributed by atoms with Crippen LogP contribution in [0.2, 0.25) is 0 Å². The van der Waals surface area contributed by atoms with Gasteiger partial charge in [0.25, 0.3) is 0 Å². The molecular weight excluding hydrogens is 460 g/mol. The Balaban J connectivity index is 0.00000243. The summed E-state index contributed by atoms with van der Waals surface area (Å²) in [7, 11) is 3.16. The summed E-state index contributed by atoms with van der Waals surface area (Å²) in [5.41, 5.74) is -0.708. The summed E-state index contributed by atoms with van der Waals surface area (Å²) in [4.78, 5) is 8.89. The van der Waals surface area contributed by atoms with Crippen LogP contribution in [0.25, 0.3) is 0 Å². The molecule has 1 aromatic heterocycles. The molecular formula is C16H26F3IN6. The van der Waals surface area contributed by atoms with E-state index >= 15 is 0 Å². The van der Waals surface area contributed by atoms with Gasteiger partial charge in [0, 0.05) is 51.5 Å². The van der Waals surface area contributed by atoms with Crippen LogP contribution >= 0.6 is 24.0 Å². The van der Waals surface area contributed by atoms with E-state index in [2.05, 4.69) is 25.2 Å². The highest BCUT2D eigenvalue weighted by atomic mass is 127. The molecule has 10 heteroatoms. The molecule has 1 N–H and O–H groups in total. The number of aliphatic imine (C=N–C) groups is 1. The first-order chi connectivity index (χ1) is 11.9. The Morgan fingerprint density at radius 1 is 1.31 bits per heavy atom. The fraction of sp³-hybridized carbons (Fsp3) is 0.750. The summed E-state index contributed by atoms with van der Waals surface area (Å²) in [6.07, 6.45) is 0.535. The fourth-order valence-corrected chi connectivity index (χ4v) is 3.75. The normalized spacial score (nSPS) is 22.0. The highest BCUT2D eigenvalue weighted by Crippen LogP contribution is 2.30. The van der Waals surface area contributed by atoms with Gasteiger partial charge < -0.3 is 10.2 Å². The van der Waals surface area contributed by atoms with Crippen LogP contribution in [0.5, 0.6) is 0 Å². The molecule has 0 saturated carbocycles. The molecule has 2 aliphatic heterocycles. The van der Waals surface area contributed by atoms with Crippen molar-refractivity contribution < 1.29 is 13.2 Å². The third-order valence-corrected chi connectivity index (χ3v) is 4.94. The zero-order valence-corrected chi connectivity index (χ0v) is 17.4. The molecule has 1 aromatic rings. The lowest BCUT2D eigenvalue weighted by Crippen LogP contribution is -2.42. The van der Waals surface area contributed by atoms with E-state index in [-0.39, 0.29) is 36.1 Å². The summed E-state index contributed by atoms with van der Waals surface area (Å²) < 4.78 is 40.3. The van der Waals surface area contributed by atoms with E-state index in [1.165, 1.54) is 30.8 Å². The molecule has 2 aliphatic rings. The van der Waals surface area contributed by atoms with Crippen molar-refractivity contribution in [1.29, 1.82) is 0 Å². The zero-order valence-electron chi connectivity index (χ0n) is 15.1. The lowest BCUT2D eigenvalue weighted by molar-refractivity contribution is -0.142. The van der Waals surface area contributed by atoms with Gasteiger partial charge in [-0.15, -0.1) is 24.0 Å². The second-order valence-electron chi connectivity index (χ2n) is 6.71. The van der Waals surface area contributed by atoms with E-state index in [4.69, 9.17) is 0 Å². The number of hydrogen-bond acceptors (Lipinski definition) is 3. The molecule has 0 aromatic carbocycles. The first kappa shape index (κ1) is 21.3. The van der Waals surface area contributed by atoms with Crippen LogP contribution in [-0.2, 0) is 19.8 Å². The maximum atomic E-state index is 13.0. The van der Waals surface area contributed by atoms with Gasteiger partial charge >= 0.3 is 6.18 Å². The molecule has 2 fully saturated rings. The van der Waals surface area contributed by atoms with Crippen LogP contribution in [0.3, 0.4) is 0 Å². The van der Waals surface area contributed by atoms with Gasteiger partial charge in [0.05, 0.1) is 0 Å². The Labute approximate surface area is 168 Å². The molecule has 0 bridgehead atoms. The fourth-order valence-electron chi connectivity index (χ4n) is 3.75. The molecule has 0 radical (unpaired) electrons. The van der Waals surface area contributed by atoms with E-state index in [9.17, 15) is 13.2 Å². The van der Waals surface area contributed by atoms with Gasteiger partial charge in [-0.05, 0) is 32.4 Å². The van der Waals surface area contributed by atoms with E-state index in [1.807, 2.05) is 0 Å². The topological polar surface area (TPSA) is 48.7 Å². The zero-order chi connectivity index (χ0) is 18.0. The third kappa shape index (κ3) is 4.81. The predicted molar refractivity (Wildman–Crippen MR) is 105 cm³/mol. The minimum Gasteiger partial charge on any atom is -0.352 e. The van der Waals surface area contributed by atoms with E-state index in [0.29, 0.717) is 12.0 Å². The largest absolute Gasteiger partial charge is 0.435 e. The Kier molecular flexibility index (Phi) is 7.17. The summed E-state index contributed by atoms with van der Waals surface area (Å²) in [6.45, 7) is 4.10. The summed E-state index contributed by atoms with van der Waals surface area (Å²) >= 11 is 0. The number of nitrogens with one attached hydrogen (secondary N) is 1. The number of nitrogens with zero attached hydrogens (tertiary/aromatic N) is 5. The number of halogens is 4. The number of aromatic nitrogens is 2. The maximum Gasteiger partial charge on any atom is 0.435 e. The van der Waals surface area contributed by atoms with Gasteiger partial charge in [-0.2, -0.15) is 18.3 Å². The molecule has 1 unspecified atom stereocenters. The Bertz CT molecular complexity index is 624. The van der Waals surface area contributed by atoms with Crippen molar-refractivity contribution in [1.82, 2.24) is 24.9 Å². The quantitative estimate of drug-likeness (QED) is 0.405. The van der Waals surface area contributed by atoms with Crippen molar-refractivity contribution in [3.8, 4) is 0 Å².